The van der Waals surface area contributed by atoms with Crippen molar-refractivity contribution in [3.63, 3.8) is 0 Å². The average Bonchev–Trinajstić information content (AvgIpc) is 2.16. The molecule has 0 aliphatic carbocycles. The highest BCUT2D eigenvalue weighted by Crippen LogP contribution is 2.17. The van der Waals surface area contributed by atoms with Crippen molar-refractivity contribution in [1.29, 1.82) is 0 Å². The van der Waals surface area contributed by atoms with Crippen molar-refractivity contribution < 1.29 is 13.5 Å². The third kappa shape index (κ3) is 3.22. The fraction of sp³-hybridized carbons (Fsp3) is 1.00. The van der Waals surface area contributed by atoms with Crippen molar-refractivity contribution in [2.45, 2.75) is 24.5 Å². The van der Waals surface area contributed by atoms with Crippen LogP contribution in [0.25, 0.3) is 0 Å². The molecule has 0 unspecified atom stereocenters. The molecule has 14 heavy (non-hydrogen) atoms. The highest BCUT2D eigenvalue weighted by Gasteiger charge is 2.27. The van der Waals surface area contributed by atoms with Crippen molar-refractivity contribution in [2.75, 3.05) is 32.5 Å². The summed E-state index contributed by atoms with van der Waals surface area (Å²) in [5.41, 5.74) is 0. The quantitative estimate of drug-likeness (QED) is 0.719. The first-order valence-corrected chi connectivity index (χ1v) is 6.79. The molecule has 0 atom stereocenters. The van der Waals surface area contributed by atoms with E-state index < -0.39 is 9.84 Å². The molecule has 0 radical (unpaired) electrons. The van der Waals surface area contributed by atoms with Gasteiger partial charge < -0.3 is 10.0 Å². The molecule has 0 amide bonds. The largest absolute Gasteiger partial charge is 0.396 e. The summed E-state index contributed by atoms with van der Waals surface area (Å²) in [6, 6.07) is 0. The minimum atomic E-state index is -2.96. The van der Waals surface area contributed by atoms with E-state index in [1.54, 1.807) is 0 Å². The Morgan fingerprint density at radius 3 is 2.43 bits per heavy atom. The third-order valence-corrected chi connectivity index (χ3v) is 5.11. The summed E-state index contributed by atoms with van der Waals surface area (Å²) in [6.45, 7) is 1.69. The normalized spacial score (nSPS) is 21.3. The Hall–Kier alpha value is -0.130. The zero-order valence-corrected chi connectivity index (χ0v) is 9.46. The van der Waals surface area contributed by atoms with Crippen LogP contribution in [-0.4, -0.2) is 56.2 Å². The number of piperidine rings is 1. The van der Waals surface area contributed by atoms with Gasteiger partial charge in [-0.2, -0.15) is 0 Å². The molecular formula is C9H19NO3S. The smallest absolute Gasteiger partial charge is 0.153 e. The van der Waals surface area contributed by atoms with Crippen LogP contribution < -0.4 is 0 Å². The fourth-order valence-electron chi connectivity index (χ4n) is 1.78. The zero-order chi connectivity index (χ0) is 10.6. The molecule has 1 saturated heterocycles. The Morgan fingerprint density at radius 2 is 1.93 bits per heavy atom. The lowest BCUT2D eigenvalue weighted by Crippen LogP contribution is -2.38. The van der Waals surface area contributed by atoms with Crippen LogP contribution in [0, 0.1) is 0 Å². The molecule has 0 aromatic heterocycles. The summed E-state index contributed by atoms with van der Waals surface area (Å²) >= 11 is 0. The predicted octanol–water partition coefficient (Wildman–Crippen LogP) is -0.122. The maximum Gasteiger partial charge on any atom is 0.153 e. The molecule has 1 rings (SSSR count). The van der Waals surface area contributed by atoms with E-state index in [0.29, 0.717) is 6.42 Å². The van der Waals surface area contributed by atoms with E-state index in [1.807, 2.05) is 7.05 Å². The molecule has 1 fully saturated rings. The second-order valence-electron chi connectivity index (χ2n) is 3.95. The van der Waals surface area contributed by atoms with Gasteiger partial charge in [0.25, 0.3) is 0 Å². The van der Waals surface area contributed by atoms with Gasteiger partial charge in [0.1, 0.15) is 0 Å². The van der Waals surface area contributed by atoms with Crippen LogP contribution in [0.2, 0.25) is 0 Å². The number of hydrogen-bond donors (Lipinski definition) is 1. The molecule has 1 heterocycles. The number of rotatable bonds is 4. The second-order valence-corrected chi connectivity index (χ2v) is 6.35. The summed E-state index contributed by atoms with van der Waals surface area (Å²) in [5.74, 6) is 0.137. The third-order valence-electron chi connectivity index (χ3n) is 2.76. The van der Waals surface area contributed by atoms with Gasteiger partial charge in [0.15, 0.2) is 9.84 Å². The minimum Gasteiger partial charge on any atom is -0.396 e. The molecule has 5 heteroatoms. The Bertz CT molecular complexity index is 255. The van der Waals surface area contributed by atoms with Crippen LogP contribution in [0.5, 0.6) is 0 Å². The number of likely N-dealkylation sites (tertiary alicyclic amines) is 1. The van der Waals surface area contributed by atoms with E-state index in [4.69, 9.17) is 5.11 Å². The molecule has 84 valence electrons. The van der Waals surface area contributed by atoms with E-state index in [9.17, 15) is 8.42 Å². The molecular weight excluding hydrogens is 202 g/mol. The van der Waals surface area contributed by atoms with Crippen molar-refractivity contribution >= 4 is 9.84 Å². The number of aliphatic hydroxyl groups excluding tert-OH is 1. The maximum atomic E-state index is 11.7. The van der Waals surface area contributed by atoms with E-state index in [-0.39, 0.29) is 17.6 Å². The summed E-state index contributed by atoms with van der Waals surface area (Å²) in [7, 11) is -0.945. The van der Waals surface area contributed by atoms with E-state index in [1.165, 1.54) is 0 Å². The molecule has 0 aromatic carbocycles. The SMILES string of the molecule is CN1CCC(S(=O)(=O)CCCO)CC1. The lowest BCUT2D eigenvalue weighted by Gasteiger charge is -2.28. The Kier molecular flexibility index (Phi) is 4.34. The molecule has 0 saturated carbocycles. The molecule has 0 aromatic rings. The van der Waals surface area contributed by atoms with Crippen LogP contribution >= 0.6 is 0 Å². The summed E-state index contributed by atoms with van der Waals surface area (Å²) in [4.78, 5) is 2.15. The topological polar surface area (TPSA) is 57.6 Å². The lowest BCUT2D eigenvalue weighted by atomic mass is 10.1. The van der Waals surface area contributed by atoms with Crippen LogP contribution in [0.4, 0.5) is 0 Å². The van der Waals surface area contributed by atoms with Gasteiger partial charge in [-0.15, -0.1) is 0 Å². The number of nitrogens with zero attached hydrogens (tertiary/aromatic N) is 1. The number of aliphatic hydroxyl groups is 1. The summed E-state index contributed by atoms with van der Waals surface area (Å²) in [5, 5.41) is 8.42. The molecule has 1 aliphatic rings. The van der Waals surface area contributed by atoms with Crippen molar-refractivity contribution in [2.24, 2.45) is 0 Å². The summed E-state index contributed by atoms with van der Waals surface area (Å²) < 4.78 is 23.4. The standard InChI is InChI=1S/C9H19NO3S/c1-10-5-3-9(4-6-10)14(12,13)8-2-7-11/h9,11H,2-8H2,1H3. The van der Waals surface area contributed by atoms with Gasteiger partial charge in [0.05, 0.1) is 11.0 Å². The Labute approximate surface area is 85.8 Å². The Morgan fingerprint density at radius 1 is 1.36 bits per heavy atom. The highest BCUT2D eigenvalue weighted by molar-refractivity contribution is 7.92. The molecule has 1 N–H and O–H groups in total. The molecule has 1 aliphatic heterocycles. The van der Waals surface area contributed by atoms with E-state index in [2.05, 4.69) is 4.90 Å². The first-order valence-electron chi connectivity index (χ1n) is 5.07. The van der Waals surface area contributed by atoms with Gasteiger partial charge >= 0.3 is 0 Å². The molecule has 0 bridgehead atoms. The predicted molar refractivity (Wildman–Crippen MR) is 56.0 cm³/mol. The van der Waals surface area contributed by atoms with Gasteiger partial charge in [-0.05, 0) is 39.4 Å². The van der Waals surface area contributed by atoms with Gasteiger partial charge in [0.2, 0.25) is 0 Å². The lowest BCUT2D eigenvalue weighted by molar-refractivity contribution is 0.276. The fourth-order valence-corrected chi connectivity index (χ4v) is 3.57. The van der Waals surface area contributed by atoms with E-state index in [0.717, 1.165) is 25.9 Å². The van der Waals surface area contributed by atoms with Crippen molar-refractivity contribution in [3.05, 3.63) is 0 Å². The van der Waals surface area contributed by atoms with Gasteiger partial charge in [-0.25, -0.2) is 8.42 Å². The van der Waals surface area contributed by atoms with Crippen molar-refractivity contribution in [3.8, 4) is 0 Å². The van der Waals surface area contributed by atoms with Crippen LogP contribution in [0.15, 0.2) is 0 Å². The maximum absolute atomic E-state index is 11.7. The van der Waals surface area contributed by atoms with Crippen molar-refractivity contribution in [1.82, 2.24) is 4.90 Å². The Balaban J connectivity index is 2.47. The molecule has 4 nitrogen and oxygen atoms in total. The van der Waals surface area contributed by atoms with Crippen LogP contribution in [0.1, 0.15) is 19.3 Å². The number of hydrogen-bond acceptors (Lipinski definition) is 4. The zero-order valence-electron chi connectivity index (χ0n) is 8.65. The molecule has 0 spiro atoms. The van der Waals surface area contributed by atoms with Crippen LogP contribution in [-0.2, 0) is 9.84 Å². The average molecular weight is 221 g/mol. The monoisotopic (exact) mass is 221 g/mol. The van der Waals surface area contributed by atoms with E-state index >= 15 is 0 Å². The minimum absolute atomic E-state index is 0.0359. The first-order chi connectivity index (χ1) is 6.56. The van der Waals surface area contributed by atoms with Gasteiger partial charge in [-0.3, -0.25) is 0 Å². The van der Waals surface area contributed by atoms with Gasteiger partial charge in [0, 0.05) is 6.61 Å². The number of sulfone groups is 1. The van der Waals surface area contributed by atoms with Gasteiger partial charge in [-0.1, -0.05) is 0 Å². The second kappa shape index (κ2) is 5.09. The first kappa shape index (κ1) is 11.9. The van der Waals surface area contributed by atoms with Crippen LogP contribution in [0.3, 0.4) is 0 Å². The summed E-state index contributed by atoms with van der Waals surface area (Å²) in [6.07, 6.45) is 1.85. The highest BCUT2D eigenvalue weighted by atomic mass is 32.2.